The van der Waals surface area contributed by atoms with Crippen molar-refractivity contribution in [3.63, 3.8) is 0 Å². The second kappa shape index (κ2) is 7.30. The van der Waals surface area contributed by atoms with E-state index in [0.717, 1.165) is 10.5 Å². The molecule has 1 heterocycles. The van der Waals surface area contributed by atoms with Gasteiger partial charge in [-0.15, -0.1) is 23.5 Å². The molecule has 0 aliphatic carbocycles. The van der Waals surface area contributed by atoms with Gasteiger partial charge in [-0.05, 0) is 42.7 Å². The fourth-order valence-electron chi connectivity index (χ4n) is 2.15. The predicted molar refractivity (Wildman–Crippen MR) is 89.0 cm³/mol. The summed E-state index contributed by atoms with van der Waals surface area (Å²) in [6, 6.07) is 1.30. The molecule has 1 aliphatic rings. The van der Waals surface area contributed by atoms with Crippen molar-refractivity contribution in [2.75, 3.05) is 11.5 Å². The van der Waals surface area contributed by atoms with Crippen molar-refractivity contribution in [1.82, 2.24) is 0 Å². The van der Waals surface area contributed by atoms with E-state index in [-0.39, 0.29) is 0 Å². The van der Waals surface area contributed by atoms with Gasteiger partial charge in [-0.25, -0.2) is 0 Å². The van der Waals surface area contributed by atoms with E-state index >= 15 is 0 Å². The molecule has 0 aromatic carbocycles. The molecule has 0 amide bonds. The third-order valence-corrected chi connectivity index (χ3v) is 7.78. The molecule has 0 saturated carbocycles. The molecule has 0 unspecified atom stereocenters. The highest BCUT2D eigenvalue weighted by Crippen LogP contribution is 2.35. The molecule has 1 fully saturated rings. The summed E-state index contributed by atoms with van der Waals surface area (Å²) in [5.74, 6) is 3.48. The van der Waals surface area contributed by atoms with Crippen LogP contribution in [-0.2, 0) is 0 Å². The van der Waals surface area contributed by atoms with Crippen molar-refractivity contribution in [2.24, 2.45) is 5.92 Å². The van der Waals surface area contributed by atoms with Crippen molar-refractivity contribution < 1.29 is 0 Å². The average molecular weight is 289 g/mol. The number of hydrogen-bond donors (Lipinski definition) is 0. The topological polar surface area (TPSA) is 0 Å². The zero-order chi connectivity index (χ0) is 12.9. The van der Waals surface area contributed by atoms with Crippen LogP contribution in [0.1, 0.15) is 26.2 Å². The van der Waals surface area contributed by atoms with Crippen LogP contribution in [0.15, 0.2) is 12.2 Å². The second-order valence-electron chi connectivity index (χ2n) is 6.40. The van der Waals surface area contributed by atoms with Crippen LogP contribution in [0.5, 0.6) is 0 Å². The first-order valence-corrected chi connectivity index (χ1v) is 12.6. The fraction of sp³-hybridized carbons (Fsp3) is 0.857. The van der Waals surface area contributed by atoms with E-state index in [0.29, 0.717) is 0 Å². The second-order valence-corrected chi connectivity index (χ2v) is 14.8. The van der Waals surface area contributed by atoms with Gasteiger partial charge >= 0.3 is 0 Å². The van der Waals surface area contributed by atoms with Crippen LogP contribution in [0.3, 0.4) is 0 Å². The summed E-state index contributed by atoms with van der Waals surface area (Å²) in [6.45, 7) is 14.0. The lowest BCUT2D eigenvalue weighted by atomic mass is 9.99. The molecule has 0 bridgehead atoms. The van der Waals surface area contributed by atoms with Gasteiger partial charge in [-0.2, -0.15) is 0 Å². The highest BCUT2D eigenvalue weighted by Gasteiger charge is 2.20. The maximum Gasteiger partial charge on any atom is 0.0502 e. The Kier molecular flexibility index (Phi) is 6.74. The predicted octanol–water partition coefficient (Wildman–Crippen LogP) is 5.49. The maximum absolute atomic E-state index is 4.32. The molecule has 0 aromatic heterocycles. The van der Waals surface area contributed by atoms with Gasteiger partial charge in [-0.3, -0.25) is 0 Å². The molecule has 0 spiro atoms. The van der Waals surface area contributed by atoms with E-state index in [9.17, 15) is 0 Å². The summed E-state index contributed by atoms with van der Waals surface area (Å²) in [7, 11) is -0.962. The first kappa shape index (κ1) is 15.7. The molecular weight excluding hydrogens is 260 g/mol. The van der Waals surface area contributed by atoms with Crippen LogP contribution in [-0.4, -0.2) is 24.2 Å². The highest BCUT2D eigenvalue weighted by atomic mass is 32.2. The minimum absolute atomic E-state index is 0.727. The summed E-state index contributed by atoms with van der Waals surface area (Å²) >= 11 is 4.34. The first-order chi connectivity index (χ1) is 7.88. The Hall–Kier alpha value is 0.657. The van der Waals surface area contributed by atoms with Crippen molar-refractivity contribution >= 4 is 31.6 Å². The summed E-state index contributed by atoms with van der Waals surface area (Å²) < 4.78 is 0.867. The quantitative estimate of drug-likeness (QED) is 0.468. The fourth-order valence-corrected chi connectivity index (χ4v) is 6.76. The Balaban J connectivity index is 2.23. The maximum atomic E-state index is 4.32. The van der Waals surface area contributed by atoms with Crippen molar-refractivity contribution in [1.29, 1.82) is 0 Å². The molecule has 3 heteroatoms. The average Bonchev–Trinajstić information content (AvgIpc) is 2.25. The minimum Gasteiger partial charge on any atom is -0.148 e. The van der Waals surface area contributed by atoms with Gasteiger partial charge in [0, 0.05) is 8.07 Å². The molecular formula is C14H28S2Si. The normalized spacial score (nSPS) is 20.2. The lowest BCUT2D eigenvalue weighted by molar-refractivity contribution is 0.598. The van der Waals surface area contributed by atoms with Crippen molar-refractivity contribution in [3.05, 3.63) is 12.2 Å². The molecule has 1 atom stereocenters. The van der Waals surface area contributed by atoms with E-state index < -0.39 is 8.07 Å². The van der Waals surface area contributed by atoms with Crippen molar-refractivity contribution in [3.8, 4) is 0 Å². The Morgan fingerprint density at radius 3 is 2.41 bits per heavy atom. The highest BCUT2D eigenvalue weighted by molar-refractivity contribution is 8.17. The van der Waals surface area contributed by atoms with Crippen LogP contribution in [0.2, 0.25) is 25.7 Å². The molecule has 0 radical (unpaired) electrons. The molecule has 1 aliphatic heterocycles. The van der Waals surface area contributed by atoms with Gasteiger partial charge in [0.05, 0.1) is 4.58 Å². The zero-order valence-electron chi connectivity index (χ0n) is 11.9. The van der Waals surface area contributed by atoms with Crippen LogP contribution >= 0.6 is 23.5 Å². The number of hydrogen-bond acceptors (Lipinski definition) is 2. The van der Waals surface area contributed by atoms with E-state index in [2.05, 4.69) is 56.7 Å². The molecule has 1 saturated heterocycles. The van der Waals surface area contributed by atoms with E-state index in [1.165, 1.54) is 42.4 Å². The summed E-state index contributed by atoms with van der Waals surface area (Å²) in [5, 5.41) is 0. The molecule has 100 valence electrons. The Morgan fingerprint density at radius 2 is 1.88 bits per heavy atom. The van der Waals surface area contributed by atoms with Crippen LogP contribution in [0.4, 0.5) is 0 Å². The van der Waals surface area contributed by atoms with Crippen molar-refractivity contribution in [2.45, 2.75) is 56.5 Å². The lowest BCUT2D eigenvalue weighted by Crippen LogP contribution is -2.21. The zero-order valence-corrected chi connectivity index (χ0v) is 14.6. The number of rotatable bonds is 6. The van der Waals surface area contributed by atoms with Crippen LogP contribution in [0, 0.1) is 5.92 Å². The Morgan fingerprint density at radius 1 is 1.29 bits per heavy atom. The Bertz CT molecular complexity index is 239. The molecule has 0 aromatic rings. The van der Waals surface area contributed by atoms with Crippen LogP contribution in [0.25, 0.3) is 0 Å². The van der Waals surface area contributed by atoms with Gasteiger partial charge in [0.15, 0.2) is 0 Å². The Labute approximate surface area is 117 Å². The summed E-state index contributed by atoms with van der Waals surface area (Å²) in [5.41, 5.74) is 1.51. The standard InChI is InChI=1S/C14H28S2Si/c1-12(13(2)11-17(3,4)5)7-8-14-15-9-6-10-16-14/h12,14H,2,6-11H2,1,3-5H3/t12-/m0/s1. The van der Waals surface area contributed by atoms with E-state index in [1.807, 2.05) is 0 Å². The van der Waals surface area contributed by atoms with Crippen LogP contribution < -0.4 is 0 Å². The smallest absolute Gasteiger partial charge is 0.0502 e. The van der Waals surface area contributed by atoms with Gasteiger partial charge in [0.1, 0.15) is 0 Å². The molecule has 1 rings (SSSR count). The SMILES string of the molecule is C=C(C[Si](C)(C)C)[C@@H](C)CCC1SCCCS1. The third kappa shape index (κ3) is 6.97. The monoisotopic (exact) mass is 288 g/mol. The first-order valence-electron chi connectivity index (χ1n) is 6.79. The van der Waals surface area contributed by atoms with Gasteiger partial charge in [-0.1, -0.05) is 38.7 Å². The van der Waals surface area contributed by atoms with Gasteiger partial charge in [0.25, 0.3) is 0 Å². The minimum atomic E-state index is -0.962. The summed E-state index contributed by atoms with van der Waals surface area (Å²) in [4.78, 5) is 0. The molecule has 0 nitrogen and oxygen atoms in total. The molecule has 17 heavy (non-hydrogen) atoms. The third-order valence-electron chi connectivity index (χ3n) is 3.19. The van der Waals surface area contributed by atoms with Gasteiger partial charge < -0.3 is 0 Å². The van der Waals surface area contributed by atoms with Gasteiger partial charge in [0.2, 0.25) is 0 Å². The molecule has 0 N–H and O–H groups in total. The van der Waals surface area contributed by atoms with E-state index in [4.69, 9.17) is 0 Å². The summed E-state index contributed by atoms with van der Waals surface area (Å²) in [6.07, 6.45) is 4.12. The van der Waals surface area contributed by atoms with E-state index in [1.54, 1.807) is 0 Å². The number of thioether (sulfide) groups is 2. The lowest BCUT2D eigenvalue weighted by Gasteiger charge is -2.25. The number of allylic oxidation sites excluding steroid dienone is 1. The largest absolute Gasteiger partial charge is 0.148 e.